The summed E-state index contributed by atoms with van der Waals surface area (Å²) in [5.74, 6) is 5.64. The Bertz CT molecular complexity index is 333. The van der Waals surface area contributed by atoms with Crippen molar-refractivity contribution in [1.82, 2.24) is 4.98 Å². The smallest absolute Gasteiger partial charge is 0.131 e. The summed E-state index contributed by atoms with van der Waals surface area (Å²) in [6.45, 7) is 1.94. The molecule has 0 spiro atoms. The lowest BCUT2D eigenvalue weighted by atomic mass is 10.2. The molecular formula is C10H9NO. The first-order valence-corrected chi connectivity index (χ1v) is 3.67. The highest BCUT2D eigenvalue weighted by atomic mass is 16.1. The highest BCUT2D eigenvalue weighted by Gasteiger charge is 1.90. The maximum Gasteiger partial charge on any atom is 0.131 e. The SMILES string of the molecule is Cc1cnccc1C#CCC=O. The van der Waals surface area contributed by atoms with Crippen LogP contribution in [0, 0.1) is 18.8 Å². The monoisotopic (exact) mass is 159 g/mol. The molecule has 12 heavy (non-hydrogen) atoms. The van der Waals surface area contributed by atoms with Crippen molar-refractivity contribution in [3.05, 3.63) is 29.6 Å². The fraction of sp³-hybridized carbons (Fsp3) is 0.200. The minimum absolute atomic E-state index is 0.293. The van der Waals surface area contributed by atoms with E-state index in [-0.39, 0.29) is 0 Å². The van der Waals surface area contributed by atoms with Gasteiger partial charge in [-0.1, -0.05) is 11.8 Å². The van der Waals surface area contributed by atoms with Crippen molar-refractivity contribution in [1.29, 1.82) is 0 Å². The lowest BCUT2D eigenvalue weighted by Crippen LogP contribution is -1.82. The normalized spacial score (nSPS) is 8.42. The highest BCUT2D eigenvalue weighted by molar-refractivity contribution is 5.55. The van der Waals surface area contributed by atoms with Gasteiger partial charge in [-0.25, -0.2) is 0 Å². The molecular weight excluding hydrogens is 150 g/mol. The lowest BCUT2D eigenvalue weighted by Gasteiger charge is -1.93. The van der Waals surface area contributed by atoms with Crippen molar-refractivity contribution in [3.8, 4) is 11.8 Å². The van der Waals surface area contributed by atoms with Crippen LogP contribution in [0.25, 0.3) is 0 Å². The van der Waals surface area contributed by atoms with E-state index < -0.39 is 0 Å². The van der Waals surface area contributed by atoms with Crippen LogP contribution < -0.4 is 0 Å². The van der Waals surface area contributed by atoms with E-state index in [9.17, 15) is 4.79 Å². The van der Waals surface area contributed by atoms with Gasteiger partial charge in [-0.15, -0.1) is 0 Å². The van der Waals surface area contributed by atoms with Crippen LogP contribution in [0.15, 0.2) is 18.5 Å². The lowest BCUT2D eigenvalue weighted by molar-refractivity contribution is -0.107. The number of carbonyl (C=O) groups is 1. The molecule has 1 aromatic rings. The van der Waals surface area contributed by atoms with Crippen LogP contribution in [0.3, 0.4) is 0 Å². The fourth-order valence-corrected chi connectivity index (χ4v) is 0.802. The molecule has 0 aliphatic carbocycles. The van der Waals surface area contributed by atoms with Crippen molar-refractivity contribution in [2.45, 2.75) is 13.3 Å². The van der Waals surface area contributed by atoms with Crippen LogP contribution in [0.1, 0.15) is 17.5 Å². The number of rotatable bonds is 1. The number of aldehydes is 1. The van der Waals surface area contributed by atoms with Gasteiger partial charge in [-0.2, -0.15) is 0 Å². The third-order valence-corrected chi connectivity index (χ3v) is 1.43. The molecule has 0 aliphatic heterocycles. The van der Waals surface area contributed by atoms with Gasteiger partial charge in [-0.05, 0) is 18.6 Å². The van der Waals surface area contributed by atoms with Crippen LogP contribution in [0.2, 0.25) is 0 Å². The molecule has 60 valence electrons. The van der Waals surface area contributed by atoms with E-state index in [1.165, 1.54) is 0 Å². The zero-order valence-electron chi connectivity index (χ0n) is 6.87. The van der Waals surface area contributed by atoms with Crippen molar-refractivity contribution in [2.75, 3.05) is 0 Å². The van der Waals surface area contributed by atoms with Gasteiger partial charge in [0.2, 0.25) is 0 Å². The second-order valence-electron chi connectivity index (χ2n) is 2.36. The molecule has 0 N–H and O–H groups in total. The van der Waals surface area contributed by atoms with Gasteiger partial charge in [0.05, 0.1) is 6.42 Å². The molecule has 0 saturated carbocycles. The molecule has 0 aromatic carbocycles. The molecule has 1 heterocycles. The summed E-state index contributed by atoms with van der Waals surface area (Å²) in [6.07, 6.45) is 4.54. The van der Waals surface area contributed by atoms with E-state index in [1.54, 1.807) is 12.4 Å². The van der Waals surface area contributed by atoms with Gasteiger partial charge in [0, 0.05) is 18.0 Å². The van der Waals surface area contributed by atoms with E-state index in [2.05, 4.69) is 16.8 Å². The Balaban J connectivity index is 2.84. The molecule has 0 radical (unpaired) electrons. The Morgan fingerprint density at radius 1 is 1.67 bits per heavy atom. The second kappa shape index (κ2) is 4.30. The van der Waals surface area contributed by atoms with Gasteiger partial charge in [0.15, 0.2) is 0 Å². The quantitative estimate of drug-likeness (QED) is 0.457. The molecule has 2 nitrogen and oxygen atoms in total. The summed E-state index contributed by atoms with van der Waals surface area (Å²) in [6, 6.07) is 1.84. The molecule has 1 rings (SSSR count). The predicted octanol–water partition coefficient (Wildman–Crippen LogP) is 1.33. The van der Waals surface area contributed by atoms with E-state index in [0.29, 0.717) is 6.42 Å². The Morgan fingerprint density at radius 2 is 2.50 bits per heavy atom. The average molecular weight is 159 g/mol. The zero-order valence-corrected chi connectivity index (χ0v) is 6.87. The fourth-order valence-electron chi connectivity index (χ4n) is 0.802. The first-order chi connectivity index (χ1) is 5.84. The van der Waals surface area contributed by atoms with Crippen molar-refractivity contribution >= 4 is 6.29 Å². The summed E-state index contributed by atoms with van der Waals surface area (Å²) >= 11 is 0. The molecule has 0 aliphatic rings. The maximum atomic E-state index is 9.97. The standard InChI is InChI=1S/C10H9NO/c1-9-8-11-6-5-10(9)4-2-3-7-12/h5-8H,3H2,1H3. The third kappa shape index (κ3) is 2.21. The molecule has 0 fully saturated rings. The van der Waals surface area contributed by atoms with E-state index in [0.717, 1.165) is 17.4 Å². The number of carbonyl (C=O) groups excluding carboxylic acids is 1. The van der Waals surface area contributed by atoms with Gasteiger partial charge >= 0.3 is 0 Å². The average Bonchev–Trinajstić information content (AvgIpc) is 2.09. The Labute approximate surface area is 71.6 Å². The van der Waals surface area contributed by atoms with Crippen LogP contribution >= 0.6 is 0 Å². The number of aryl methyl sites for hydroxylation is 1. The minimum Gasteiger partial charge on any atom is -0.302 e. The first-order valence-electron chi connectivity index (χ1n) is 3.67. The largest absolute Gasteiger partial charge is 0.302 e. The van der Waals surface area contributed by atoms with E-state index in [1.807, 2.05) is 13.0 Å². The Kier molecular flexibility index (Phi) is 3.04. The third-order valence-electron chi connectivity index (χ3n) is 1.43. The second-order valence-corrected chi connectivity index (χ2v) is 2.36. The summed E-state index contributed by atoms with van der Waals surface area (Å²) in [5.41, 5.74) is 1.97. The summed E-state index contributed by atoms with van der Waals surface area (Å²) in [4.78, 5) is 13.9. The van der Waals surface area contributed by atoms with Crippen LogP contribution in [0.4, 0.5) is 0 Å². The summed E-state index contributed by atoms with van der Waals surface area (Å²) < 4.78 is 0. The van der Waals surface area contributed by atoms with E-state index in [4.69, 9.17) is 0 Å². The van der Waals surface area contributed by atoms with Crippen LogP contribution in [-0.4, -0.2) is 11.3 Å². The molecule has 0 atom stereocenters. The molecule has 0 unspecified atom stereocenters. The minimum atomic E-state index is 0.293. The summed E-state index contributed by atoms with van der Waals surface area (Å²) in [7, 11) is 0. The predicted molar refractivity (Wildman–Crippen MR) is 46.5 cm³/mol. The number of hydrogen-bond donors (Lipinski definition) is 0. The molecule has 0 amide bonds. The maximum absolute atomic E-state index is 9.97. The van der Waals surface area contributed by atoms with Crippen LogP contribution in [-0.2, 0) is 4.79 Å². The number of aromatic nitrogens is 1. The highest BCUT2D eigenvalue weighted by Crippen LogP contribution is 2.01. The number of pyridine rings is 1. The van der Waals surface area contributed by atoms with Gasteiger partial charge in [0.25, 0.3) is 0 Å². The van der Waals surface area contributed by atoms with Crippen molar-refractivity contribution in [3.63, 3.8) is 0 Å². The van der Waals surface area contributed by atoms with Crippen LogP contribution in [0.5, 0.6) is 0 Å². The van der Waals surface area contributed by atoms with E-state index >= 15 is 0 Å². The summed E-state index contributed by atoms with van der Waals surface area (Å²) in [5, 5.41) is 0. The topological polar surface area (TPSA) is 30.0 Å². The Morgan fingerprint density at radius 3 is 3.17 bits per heavy atom. The van der Waals surface area contributed by atoms with Gasteiger partial charge in [0.1, 0.15) is 6.29 Å². The Hall–Kier alpha value is -1.62. The van der Waals surface area contributed by atoms with Gasteiger partial charge < -0.3 is 4.79 Å². The molecule has 0 bridgehead atoms. The van der Waals surface area contributed by atoms with Gasteiger partial charge in [-0.3, -0.25) is 4.98 Å². The zero-order chi connectivity index (χ0) is 8.81. The first kappa shape index (κ1) is 8.48. The van der Waals surface area contributed by atoms with Crippen molar-refractivity contribution < 1.29 is 4.79 Å². The molecule has 2 heteroatoms. The number of nitrogens with zero attached hydrogens (tertiary/aromatic N) is 1. The van der Waals surface area contributed by atoms with Crippen molar-refractivity contribution in [2.24, 2.45) is 0 Å². The molecule has 1 aromatic heterocycles. The number of hydrogen-bond acceptors (Lipinski definition) is 2. The molecule has 0 saturated heterocycles.